The summed E-state index contributed by atoms with van der Waals surface area (Å²) in [5.41, 5.74) is 3.26. The number of benzene rings is 2. The fourth-order valence-corrected chi connectivity index (χ4v) is 4.06. The van der Waals surface area contributed by atoms with Crippen molar-refractivity contribution < 1.29 is 19.1 Å². The van der Waals surface area contributed by atoms with Gasteiger partial charge >= 0.3 is 0 Å². The zero-order valence-electron chi connectivity index (χ0n) is 28.5. The highest BCUT2D eigenvalue weighted by molar-refractivity contribution is 6.01. The lowest BCUT2D eigenvalue weighted by atomic mass is 10.1. The van der Waals surface area contributed by atoms with Crippen LogP contribution < -0.4 is 15.0 Å². The third-order valence-corrected chi connectivity index (χ3v) is 5.79. The number of rotatable bonds is 10. The second-order valence-corrected chi connectivity index (χ2v) is 8.64. The number of aryl methyl sites for hydroxylation is 1. The van der Waals surface area contributed by atoms with Crippen LogP contribution in [0, 0.1) is 0 Å². The van der Waals surface area contributed by atoms with Gasteiger partial charge in [-0.05, 0) is 38.3 Å². The number of amides is 1. The number of likely N-dealkylation sites (N-methyl/N-ethyl adjacent to an activating group) is 2. The van der Waals surface area contributed by atoms with Gasteiger partial charge in [-0.3, -0.25) is 4.79 Å². The number of ether oxygens (including phenoxy) is 1. The van der Waals surface area contributed by atoms with Crippen molar-refractivity contribution in [1.82, 2.24) is 19.4 Å². The fraction of sp³-hybridized carbons (Fsp3) is 0.276. The van der Waals surface area contributed by atoms with E-state index in [0.717, 1.165) is 26.3 Å². The third kappa shape index (κ3) is 5.81. The van der Waals surface area contributed by atoms with E-state index in [1.165, 1.54) is 40.4 Å². The Balaban J connectivity index is 1.81. The number of carbonyl (C=O) groups excluding carboxylic acids is 1. The quantitative estimate of drug-likeness (QED) is 0.323. The van der Waals surface area contributed by atoms with Crippen LogP contribution in [0.5, 0.6) is 5.75 Å². The molecule has 192 valence electrons. The van der Waals surface area contributed by atoms with Gasteiger partial charge in [-0.25, -0.2) is 9.97 Å². The summed E-state index contributed by atoms with van der Waals surface area (Å²) >= 11 is 0. The molecule has 8 heteroatoms. The second-order valence-electron chi connectivity index (χ2n) is 8.64. The van der Waals surface area contributed by atoms with Gasteiger partial charge in [0.05, 0.1) is 31.0 Å². The van der Waals surface area contributed by atoms with E-state index in [1.807, 2.05) is 48.1 Å². The first-order chi connectivity index (χ1) is 20.6. The van der Waals surface area contributed by atoms with Crippen LogP contribution >= 0.6 is 0 Å². The van der Waals surface area contributed by atoms with E-state index in [-0.39, 0.29) is 17.8 Å². The molecule has 4 aromatic rings. The Hall–Kier alpha value is -4.17. The van der Waals surface area contributed by atoms with E-state index in [2.05, 4.69) is 10.3 Å². The topological polar surface area (TPSA) is 75.5 Å². The molecule has 0 fully saturated rings. The maximum Gasteiger partial charge on any atom is 0.247 e. The summed E-state index contributed by atoms with van der Waals surface area (Å²) in [6, 6.07) is 11.9. The third-order valence-electron chi connectivity index (χ3n) is 5.79. The van der Waals surface area contributed by atoms with E-state index in [1.54, 1.807) is 6.20 Å². The van der Waals surface area contributed by atoms with Crippen molar-refractivity contribution in [1.29, 1.82) is 0 Å². The molecule has 2 heterocycles. The molecule has 0 radical (unpaired) electrons. The molecule has 4 rings (SSSR count). The normalized spacial score (nSPS) is 14.5. The van der Waals surface area contributed by atoms with Crippen LogP contribution in [0.1, 0.15) is 21.0 Å². The molecule has 0 aliphatic rings. The average molecular weight is 506 g/mol. The molecule has 2 aromatic carbocycles. The predicted molar refractivity (Wildman–Crippen MR) is 150 cm³/mol. The summed E-state index contributed by atoms with van der Waals surface area (Å²) in [5.74, 6) is -0.318. The first-order valence-electron chi connectivity index (χ1n) is 15.0. The number of methoxy groups -OCH3 is 1. The number of nitrogens with zero attached hydrogens (tertiary/aromatic N) is 5. The molecule has 0 saturated heterocycles. The van der Waals surface area contributed by atoms with Gasteiger partial charge in [-0.15, -0.1) is 0 Å². The molecule has 0 aliphatic heterocycles. The number of aromatic nitrogens is 3. The highest BCUT2D eigenvalue weighted by Crippen LogP contribution is 2.35. The van der Waals surface area contributed by atoms with Gasteiger partial charge in [-0.2, -0.15) is 0 Å². The number of hydrogen-bond donors (Lipinski definition) is 1. The lowest BCUT2D eigenvalue weighted by Crippen LogP contribution is -2.29. The monoisotopic (exact) mass is 505 g/mol. The molecule has 1 N–H and O–H groups in total. The molecule has 37 heavy (non-hydrogen) atoms. The smallest absolute Gasteiger partial charge is 0.247 e. The highest BCUT2D eigenvalue weighted by Gasteiger charge is 2.17. The number of fused-ring (bicyclic) bond motifs is 1. The first-order valence-corrected chi connectivity index (χ1v) is 11.5. The zero-order valence-corrected chi connectivity index (χ0v) is 21.5. The number of para-hydroxylation sites is 1. The van der Waals surface area contributed by atoms with Gasteiger partial charge in [0, 0.05) is 76.7 Å². The van der Waals surface area contributed by atoms with Crippen LogP contribution in [0.4, 0.5) is 11.4 Å². The Kier molecular flexibility index (Phi) is 5.52. The Morgan fingerprint density at radius 3 is 2.84 bits per heavy atom. The SMILES string of the molecule is [2H]C([2H])=C([2H])C(=O)Nc1cc(Cc2nccc(-c3cn(C)c4ccccc34)n2)c(OC)cc1N(C)C([2H])([2H])C([2H])([2H])N(C)C. The summed E-state index contributed by atoms with van der Waals surface area (Å²) < 4.78 is 64.3. The molecular formula is C29H34N6O2. The van der Waals surface area contributed by atoms with Gasteiger partial charge in [0.2, 0.25) is 5.91 Å². The summed E-state index contributed by atoms with van der Waals surface area (Å²) in [6.07, 6.45) is 3.79. The van der Waals surface area contributed by atoms with Crippen molar-refractivity contribution in [3.05, 3.63) is 78.8 Å². The summed E-state index contributed by atoms with van der Waals surface area (Å²) in [5, 5.41) is 3.53. The maximum atomic E-state index is 12.8. The molecule has 0 atom stereocenters. The minimum Gasteiger partial charge on any atom is -0.496 e. The summed E-state index contributed by atoms with van der Waals surface area (Å²) in [4.78, 5) is 24.1. The van der Waals surface area contributed by atoms with Gasteiger partial charge < -0.3 is 24.4 Å². The molecule has 0 aliphatic carbocycles. The second kappa shape index (κ2) is 11.3. The molecule has 0 bridgehead atoms. The highest BCUT2D eigenvalue weighted by atomic mass is 16.5. The molecular weight excluding hydrogens is 464 g/mol. The number of anilines is 2. The van der Waals surface area contributed by atoms with Crippen LogP contribution in [0.2, 0.25) is 0 Å². The van der Waals surface area contributed by atoms with Crippen molar-refractivity contribution in [2.24, 2.45) is 7.05 Å². The molecule has 0 spiro atoms. The van der Waals surface area contributed by atoms with Crippen LogP contribution in [0.25, 0.3) is 22.2 Å². The molecule has 0 saturated carbocycles. The Labute approximate surface area is 228 Å². The van der Waals surface area contributed by atoms with Crippen LogP contribution in [-0.4, -0.2) is 66.6 Å². The van der Waals surface area contributed by atoms with Crippen molar-refractivity contribution in [3.8, 4) is 17.0 Å². The molecule has 0 unspecified atom stereocenters. The Bertz CT molecular complexity index is 1730. The van der Waals surface area contributed by atoms with Crippen LogP contribution in [-0.2, 0) is 18.3 Å². The van der Waals surface area contributed by atoms with Gasteiger partial charge in [-0.1, -0.05) is 24.7 Å². The predicted octanol–water partition coefficient (Wildman–Crippen LogP) is 4.36. The van der Waals surface area contributed by atoms with Crippen molar-refractivity contribution in [2.45, 2.75) is 6.42 Å². The van der Waals surface area contributed by atoms with E-state index in [9.17, 15) is 4.79 Å². The summed E-state index contributed by atoms with van der Waals surface area (Å²) in [6.45, 7) is -6.08. The zero-order chi connectivity index (χ0) is 32.6. The van der Waals surface area contributed by atoms with E-state index in [0.29, 0.717) is 22.8 Å². The number of hydrogen-bond acceptors (Lipinski definition) is 6. The minimum absolute atomic E-state index is 0.0166. The van der Waals surface area contributed by atoms with Crippen molar-refractivity contribution >= 4 is 28.2 Å². The van der Waals surface area contributed by atoms with Gasteiger partial charge in [0.15, 0.2) is 0 Å². The van der Waals surface area contributed by atoms with Crippen molar-refractivity contribution in [2.75, 3.05) is 51.5 Å². The lowest BCUT2D eigenvalue weighted by Gasteiger charge is -2.25. The van der Waals surface area contributed by atoms with E-state index in [4.69, 9.17) is 19.3 Å². The fourth-order valence-electron chi connectivity index (χ4n) is 4.06. The minimum atomic E-state index is -2.62. The van der Waals surface area contributed by atoms with Gasteiger partial charge in [0.25, 0.3) is 0 Å². The number of nitrogens with one attached hydrogen (secondary N) is 1. The van der Waals surface area contributed by atoms with Crippen molar-refractivity contribution in [3.63, 3.8) is 0 Å². The van der Waals surface area contributed by atoms with E-state index < -0.39 is 31.5 Å². The lowest BCUT2D eigenvalue weighted by molar-refractivity contribution is -0.111. The summed E-state index contributed by atoms with van der Waals surface area (Å²) in [7, 11) is 7.54. The molecule has 2 aromatic heterocycles. The standard InChI is InChI=1S/C29H34N6O2/c1-7-29(36)32-24-16-20(27(37-6)18-26(24)34(4)15-14-33(2)3)17-28-30-13-12-23(31-28)22-19-35(5)25-11-9-8-10-21(22)25/h7-13,16,18-19H,1,14-15,17H2,2-6H3,(H,32,36)/i1D2,7D,14D2,15D2. The van der Waals surface area contributed by atoms with Crippen LogP contribution in [0.15, 0.2) is 67.4 Å². The Morgan fingerprint density at radius 1 is 1.27 bits per heavy atom. The first kappa shape index (κ1) is 18.1. The van der Waals surface area contributed by atoms with E-state index >= 15 is 0 Å². The average Bonchev–Trinajstić information content (AvgIpc) is 3.32. The van der Waals surface area contributed by atoms with Crippen LogP contribution in [0.3, 0.4) is 0 Å². The van der Waals surface area contributed by atoms with Gasteiger partial charge in [0.1, 0.15) is 11.6 Å². The molecule has 1 amide bonds. The maximum absolute atomic E-state index is 12.8. The number of carbonyl (C=O) groups is 1. The Morgan fingerprint density at radius 2 is 2.08 bits per heavy atom. The largest absolute Gasteiger partial charge is 0.496 e. The molecule has 8 nitrogen and oxygen atoms in total.